The van der Waals surface area contributed by atoms with Gasteiger partial charge in [0.2, 0.25) is 5.95 Å². The minimum absolute atomic E-state index is 0.341. The van der Waals surface area contributed by atoms with Crippen LogP contribution in [-0.2, 0) is 6.54 Å². The van der Waals surface area contributed by atoms with E-state index in [-0.39, 0.29) is 0 Å². The highest BCUT2D eigenvalue weighted by atomic mass is 35.5. The molecule has 0 atom stereocenters. The molecule has 4 rings (SSSR count). The zero-order valence-electron chi connectivity index (χ0n) is 14.3. The van der Waals surface area contributed by atoms with Crippen LogP contribution in [0.3, 0.4) is 0 Å². The number of benzene rings is 2. The fraction of sp³-hybridized carbons (Fsp3) is 0.368. The van der Waals surface area contributed by atoms with Crippen LogP contribution in [0.4, 0.5) is 5.95 Å². The summed E-state index contributed by atoms with van der Waals surface area (Å²) < 4.78 is 1.89. The number of anilines is 1. The van der Waals surface area contributed by atoms with E-state index < -0.39 is 0 Å². The molecule has 0 radical (unpaired) electrons. The molecule has 1 fully saturated rings. The van der Waals surface area contributed by atoms with Crippen LogP contribution in [0.5, 0.6) is 0 Å². The lowest BCUT2D eigenvalue weighted by atomic mass is 10.0. The third kappa shape index (κ3) is 3.34. The average Bonchev–Trinajstić information content (AvgIpc) is 2.94. The summed E-state index contributed by atoms with van der Waals surface area (Å²) in [5, 5.41) is 7.72. The van der Waals surface area contributed by atoms with Gasteiger partial charge in [0.15, 0.2) is 0 Å². The minimum atomic E-state index is 0.341. The molecule has 130 valence electrons. The second-order valence-corrected chi connectivity index (χ2v) is 7.19. The van der Waals surface area contributed by atoms with Gasteiger partial charge in [0.05, 0.1) is 6.04 Å². The van der Waals surface area contributed by atoms with Crippen molar-refractivity contribution < 1.29 is 0 Å². The van der Waals surface area contributed by atoms with Gasteiger partial charge in [0.1, 0.15) is 5.82 Å². The number of aryl methyl sites for hydroxylation is 1. The normalized spacial score (nSPS) is 16.6. The van der Waals surface area contributed by atoms with Crippen molar-refractivity contribution in [2.75, 3.05) is 18.8 Å². The molecule has 6 heteroatoms. The molecule has 2 N–H and O–H groups in total. The van der Waals surface area contributed by atoms with Crippen LogP contribution in [0, 0.1) is 6.92 Å². The van der Waals surface area contributed by atoms with E-state index in [4.69, 9.17) is 17.3 Å². The Morgan fingerprint density at radius 3 is 2.68 bits per heavy atom. The molecule has 5 nitrogen and oxygen atoms in total. The molecule has 1 saturated heterocycles. The van der Waals surface area contributed by atoms with Gasteiger partial charge in [-0.1, -0.05) is 35.9 Å². The van der Waals surface area contributed by atoms with Gasteiger partial charge >= 0.3 is 0 Å². The van der Waals surface area contributed by atoms with Crippen molar-refractivity contribution in [3.8, 4) is 0 Å². The van der Waals surface area contributed by atoms with Crippen LogP contribution in [0.1, 0.15) is 30.3 Å². The number of piperidine rings is 1. The smallest absolute Gasteiger partial charge is 0.218 e. The highest BCUT2D eigenvalue weighted by Crippen LogP contribution is 2.28. The molecule has 0 unspecified atom stereocenters. The van der Waals surface area contributed by atoms with Crippen molar-refractivity contribution in [3.05, 3.63) is 52.8 Å². The summed E-state index contributed by atoms with van der Waals surface area (Å²) in [4.78, 5) is 6.70. The molecule has 1 aliphatic heterocycles. The molecule has 0 amide bonds. The Labute approximate surface area is 152 Å². The van der Waals surface area contributed by atoms with Crippen LogP contribution < -0.4 is 5.73 Å². The lowest BCUT2D eigenvalue weighted by Gasteiger charge is -2.32. The molecule has 0 saturated carbocycles. The summed E-state index contributed by atoms with van der Waals surface area (Å²) in [5.74, 6) is 1.27. The molecule has 3 aromatic rings. The first-order chi connectivity index (χ1) is 12.1. The summed E-state index contributed by atoms with van der Waals surface area (Å²) in [6, 6.07) is 12.9. The van der Waals surface area contributed by atoms with E-state index >= 15 is 0 Å². The van der Waals surface area contributed by atoms with Crippen LogP contribution in [0.25, 0.3) is 10.8 Å². The minimum Gasteiger partial charge on any atom is -0.368 e. The SMILES string of the molecule is Cc1nc(N)n(C2CCN(Cc3cc(Cl)cc4ccccc34)CC2)n1. The molecule has 0 bridgehead atoms. The Kier molecular flexibility index (Phi) is 4.36. The van der Waals surface area contributed by atoms with Gasteiger partial charge in [-0.25, -0.2) is 4.68 Å². The average molecular weight is 356 g/mol. The van der Waals surface area contributed by atoms with Gasteiger partial charge in [-0.05, 0) is 48.2 Å². The number of aromatic nitrogens is 3. The molecule has 1 aliphatic rings. The third-order valence-electron chi connectivity index (χ3n) is 4.97. The zero-order valence-corrected chi connectivity index (χ0v) is 15.1. The summed E-state index contributed by atoms with van der Waals surface area (Å²) >= 11 is 6.31. The van der Waals surface area contributed by atoms with Gasteiger partial charge in [-0.3, -0.25) is 4.90 Å². The summed E-state index contributed by atoms with van der Waals surface area (Å²) in [7, 11) is 0. The van der Waals surface area contributed by atoms with Gasteiger partial charge in [-0.15, -0.1) is 0 Å². The van der Waals surface area contributed by atoms with Crippen molar-refractivity contribution in [2.24, 2.45) is 0 Å². The summed E-state index contributed by atoms with van der Waals surface area (Å²) in [6.45, 7) is 4.83. The molecule has 25 heavy (non-hydrogen) atoms. The van der Waals surface area contributed by atoms with Gasteiger partial charge < -0.3 is 5.73 Å². The van der Waals surface area contributed by atoms with Crippen LogP contribution in [0.15, 0.2) is 36.4 Å². The van der Waals surface area contributed by atoms with E-state index in [1.807, 2.05) is 17.7 Å². The van der Waals surface area contributed by atoms with E-state index in [2.05, 4.69) is 45.3 Å². The van der Waals surface area contributed by atoms with Gasteiger partial charge in [0, 0.05) is 24.7 Å². The first kappa shape index (κ1) is 16.4. The van der Waals surface area contributed by atoms with Crippen LogP contribution >= 0.6 is 11.6 Å². The number of nitrogen functional groups attached to an aromatic ring is 1. The molecular formula is C19H22ClN5. The summed E-state index contributed by atoms with van der Waals surface area (Å²) in [6.07, 6.45) is 2.07. The van der Waals surface area contributed by atoms with Crippen molar-refractivity contribution >= 4 is 28.3 Å². The quantitative estimate of drug-likeness (QED) is 0.776. The van der Waals surface area contributed by atoms with Crippen LogP contribution in [-0.4, -0.2) is 32.8 Å². The molecule has 0 spiro atoms. The number of nitrogens with zero attached hydrogens (tertiary/aromatic N) is 4. The van der Waals surface area contributed by atoms with Crippen molar-refractivity contribution in [1.82, 2.24) is 19.7 Å². The fourth-order valence-electron chi connectivity index (χ4n) is 3.76. The number of fused-ring (bicyclic) bond motifs is 1. The first-order valence-corrected chi connectivity index (χ1v) is 9.06. The molecule has 2 aromatic carbocycles. The Morgan fingerprint density at radius 1 is 1.20 bits per heavy atom. The number of likely N-dealkylation sites (tertiary alicyclic amines) is 1. The van der Waals surface area contributed by atoms with E-state index in [1.54, 1.807) is 0 Å². The maximum atomic E-state index is 6.31. The largest absolute Gasteiger partial charge is 0.368 e. The maximum Gasteiger partial charge on any atom is 0.218 e. The molecule has 1 aromatic heterocycles. The maximum absolute atomic E-state index is 6.31. The number of halogens is 1. The van der Waals surface area contributed by atoms with Crippen LogP contribution in [0.2, 0.25) is 5.02 Å². The Hall–Kier alpha value is -2.11. The first-order valence-electron chi connectivity index (χ1n) is 8.68. The summed E-state index contributed by atoms with van der Waals surface area (Å²) in [5.41, 5.74) is 7.26. The Balaban J connectivity index is 1.48. The second kappa shape index (κ2) is 6.65. The highest BCUT2D eigenvalue weighted by molar-refractivity contribution is 6.31. The number of hydrogen-bond acceptors (Lipinski definition) is 4. The number of rotatable bonds is 3. The predicted octanol–water partition coefficient (Wildman–Crippen LogP) is 3.81. The predicted molar refractivity (Wildman–Crippen MR) is 102 cm³/mol. The fourth-order valence-corrected chi connectivity index (χ4v) is 4.01. The molecule has 0 aliphatic carbocycles. The Morgan fingerprint density at radius 2 is 1.96 bits per heavy atom. The van der Waals surface area contributed by atoms with E-state index in [9.17, 15) is 0 Å². The lowest BCUT2D eigenvalue weighted by Crippen LogP contribution is -2.34. The molecule has 2 heterocycles. The number of hydrogen-bond donors (Lipinski definition) is 1. The zero-order chi connectivity index (χ0) is 17.4. The van der Waals surface area contributed by atoms with E-state index in [0.717, 1.165) is 43.3 Å². The Bertz CT molecular complexity index is 896. The van der Waals surface area contributed by atoms with E-state index in [1.165, 1.54) is 16.3 Å². The second-order valence-electron chi connectivity index (χ2n) is 6.76. The topological polar surface area (TPSA) is 60.0 Å². The van der Waals surface area contributed by atoms with Gasteiger partial charge in [0.25, 0.3) is 0 Å². The van der Waals surface area contributed by atoms with Gasteiger partial charge in [-0.2, -0.15) is 10.1 Å². The monoisotopic (exact) mass is 355 g/mol. The van der Waals surface area contributed by atoms with Crippen molar-refractivity contribution in [3.63, 3.8) is 0 Å². The lowest BCUT2D eigenvalue weighted by molar-refractivity contribution is 0.174. The van der Waals surface area contributed by atoms with Crippen molar-refractivity contribution in [2.45, 2.75) is 32.4 Å². The number of nitrogens with two attached hydrogens (primary N) is 1. The highest BCUT2D eigenvalue weighted by Gasteiger charge is 2.23. The standard InChI is InChI=1S/C19H22ClN5/c1-13-22-19(21)25(23-13)17-6-8-24(9-7-17)12-15-11-16(20)10-14-4-2-3-5-18(14)15/h2-5,10-11,17H,6-9,12H2,1H3,(H2,21,22,23). The third-order valence-corrected chi connectivity index (χ3v) is 5.19. The van der Waals surface area contributed by atoms with E-state index in [0.29, 0.717) is 12.0 Å². The molecular weight excluding hydrogens is 334 g/mol. The van der Waals surface area contributed by atoms with Crippen molar-refractivity contribution in [1.29, 1.82) is 0 Å².